The molecule has 0 saturated carbocycles. The summed E-state index contributed by atoms with van der Waals surface area (Å²) in [7, 11) is 1.39. The number of thioether (sulfide) groups is 1. The summed E-state index contributed by atoms with van der Waals surface area (Å²) in [4.78, 5) is 12.2. The lowest BCUT2D eigenvalue weighted by Gasteiger charge is -2.16. The summed E-state index contributed by atoms with van der Waals surface area (Å²) in [5, 5.41) is 2.50. The maximum absolute atomic E-state index is 13.4. The SMILES string of the molecule is COc1ccc(/C=C2\SC(=S)NC2=O)cc1-c1ccccc1C(F)(F)F. The molecule has 3 nitrogen and oxygen atoms in total. The summed E-state index contributed by atoms with van der Waals surface area (Å²) in [5.74, 6) is -0.0176. The number of alkyl halides is 3. The van der Waals surface area contributed by atoms with Gasteiger partial charge in [0.05, 0.1) is 17.6 Å². The number of halogens is 3. The van der Waals surface area contributed by atoms with Crippen molar-refractivity contribution in [2.24, 2.45) is 0 Å². The first-order valence-corrected chi connectivity index (χ1v) is 8.61. The Hall–Kier alpha value is -2.32. The van der Waals surface area contributed by atoms with E-state index < -0.39 is 11.7 Å². The Kier molecular flexibility index (Phi) is 5.06. The molecule has 1 amide bonds. The average molecular weight is 395 g/mol. The molecule has 2 aromatic rings. The molecule has 8 heteroatoms. The minimum absolute atomic E-state index is 0.0103. The van der Waals surface area contributed by atoms with Crippen molar-refractivity contribution in [3.63, 3.8) is 0 Å². The average Bonchev–Trinajstić information content (AvgIpc) is 2.91. The molecule has 1 fully saturated rings. The summed E-state index contributed by atoms with van der Waals surface area (Å²) in [6.07, 6.45) is -2.91. The van der Waals surface area contributed by atoms with Crippen LogP contribution in [0.25, 0.3) is 17.2 Å². The Morgan fingerprint density at radius 2 is 1.88 bits per heavy atom. The van der Waals surface area contributed by atoms with E-state index in [1.165, 1.54) is 25.3 Å². The molecule has 1 saturated heterocycles. The van der Waals surface area contributed by atoms with Gasteiger partial charge >= 0.3 is 6.18 Å². The third-order valence-corrected chi connectivity index (χ3v) is 4.85. The summed E-state index contributed by atoms with van der Waals surface area (Å²) >= 11 is 6.04. The van der Waals surface area contributed by atoms with E-state index in [1.54, 1.807) is 24.3 Å². The number of carbonyl (C=O) groups is 1. The van der Waals surface area contributed by atoms with Crippen LogP contribution >= 0.6 is 24.0 Å². The molecule has 1 aliphatic heterocycles. The van der Waals surface area contributed by atoms with E-state index in [4.69, 9.17) is 17.0 Å². The highest BCUT2D eigenvalue weighted by atomic mass is 32.2. The van der Waals surface area contributed by atoms with Gasteiger partial charge in [0.25, 0.3) is 5.91 Å². The minimum atomic E-state index is -4.50. The number of ether oxygens (including phenoxy) is 1. The van der Waals surface area contributed by atoms with E-state index in [2.05, 4.69) is 5.32 Å². The van der Waals surface area contributed by atoms with Gasteiger partial charge in [-0.15, -0.1) is 0 Å². The van der Waals surface area contributed by atoms with Crippen LogP contribution in [-0.2, 0) is 11.0 Å². The van der Waals surface area contributed by atoms with Crippen LogP contribution in [0.1, 0.15) is 11.1 Å². The predicted octanol–water partition coefficient (Wildman–Crippen LogP) is 4.87. The standard InChI is InChI=1S/C18H12F3NO2S2/c1-24-14-7-6-10(9-15-16(23)22-17(25)26-15)8-12(14)11-4-2-3-5-13(11)18(19,20)21/h2-9H,1H3,(H,22,23,25)/b15-9-. The number of benzene rings is 2. The van der Waals surface area contributed by atoms with Crippen molar-refractivity contribution in [1.29, 1.82) is 0 Å². The van der Waals surface area contributed by atoms with Gasteiger partial charge < -0.3 is 10.1 Å². The molecule has 0 unspecified atom stereocenters. The molecule has 26 heavy (non-hydrogen) atoms. The van der Waals surface area contributed by atoms with Gasteiger partial charge in [0, 0.05) is 5.56 Å². The monoisotopic (exact) mass is 395 g/mol. The van der Waals surface area contributed by atoms with Crippen molar-refractivity contribution in [3.8, 4) is 16.9 Å². The van der Waals surface area contributed by atoms with Crippen molar-refractivity contribution < 1.29 is 22.7 Å². The molecule has 0 aliphatic carbocycles. The van der Waals surface area contributed by atoms with Crippen molar-refractivity contribution in [2.45, 2.75) is 6.18 Å². The van der Waals surface area contributed by atoms with Crippen molar-refractivity contribution in [3.05, 3.63) is 58.5 Å². The zero-order chi connectivity index (χ0) is 18.9. The second kappa shape index (κ2) is 7.13. The number of carbonyl (C=O) groups excluding carboxylic acids is 1. The number of rotatable bonds is 3. The molecule has 2 aromatic carbocycles. The van der Waals surface area contributed by atoms with Crippen LogP contribution in [0, 0.1) is 0 Å². The molecule has 1 heterocycles. The van der Waals surface area contributed by atoms with Gasteiger partial charge in [0.2, 0.25) is 0 Å². The maximum atomic E-state index is 13.4. The zero-order valence-corrected chi connectivity index (χ0v) is 15.0. The molecule has 0 spiro atoms. The molecule has 0 atom stereocenters. The van der Waals surface area contributed by atoms with Crippen LogP contribution < -0.4 is 10.1 Å². The van der Waals surface area contributed by atoms with Gasteiger partial charge in [0.1, 0.15) is 10.1 Å². The van der Waals surface area contributed by atoms with E-state index in [0.29, 0.717) is 26.1 Å². The lowest BCUT2D eigenvalue weighted by atomic mass is 9.96. The van der Waals surface area contributed by atoms with Crippen LogP contribution in [0.4, 0.5) is 13.2 Å². The van der Waals surface area contributed by atoms with Crippen LogP contribution in [-0.4, -0.2) is 17.3 Å². The van der Waals surface area contributed by atoms with E-state index in [1.807, 2.05) is 0 Å². The first kappa shape index (κ1) is 18.5. The van der Waals surface area contributed by atoms with E-state index >= 15 is 0 Å². The normalized spacial score (nSPS) is 16.1. The topological polar surface area (TPSA) is 38.3 Å². The Labute approximate surface area is 157 Å². The van der Waals surface area contributed by atoms with E-state index in [0.717, 1.165) is 17.8 Å². The van der Waals surface area contributed by atoms with Crippen LogP contribution in [0.2, 0.25) is 0 Å². The fourth-order valence-corrected chi connectivity index (χ4v) is 3.61. The second-order valence-corrected chi connectivity index (χ2v) is 7.07. The first-order chi connectivity index (χ1) is 12.3. The number of methoxy groups -OCH3 is 1. The molecule has 1 N–H and O–H groups in total. The van der Waals surface area contributed by atoms with E-state index in [9.17, 15) is 18.0 Å². The number of amides is 1. The highest BCUT2D eigenvalue weighted by Crippen LogP contribution is 2.41. The van der Waals surface area contributed by atoms with Crippen LogP contribution in [0.15, 0.2) is 47.4 Å². The Balaban J connectivity index is 2.13. The van der Waals surface area contributed by atoms with Gasteiger partial charge in [-0.3, -0.25) is 4.79 Å². The Morgan fingerprint density at radius 3 is 2.50 bits per heavy atom. The first-order valence-electron chi connectivity index (χ1n) is 7.39. The fourth-order valence-electron chi connectivity index (χ4n) is 2.56. The number of hydrogen-bond acceptors (Lipinski definition) is 4. The highest BCUT2D eigenvalue weighted by Gasteiger charge is 2.34. The molecule has 3 rings (SSSR count). The lowest BCUT2D eigenvalue weighted by molar-refractivity contribution is -0.137. The number of thiocarbonyl (C=S) groups is 1. The maximum Gasteiger partial charge on any atom is 0.417 e. The van der Waals surface area contributed by atoms with Crippen molar-refractivity contribution >= 4 is 40.3 Å². The van der Waals surface area contributed by atoms with Gasteiger partial charge in [-0.05, 0) is 35.4 Å². The second-order valence-electron chi connectivity index (χ2n) is 5.36. The van der Waals surface area contributed by atoms with E-state index in [-0.39, 0.29) is 11.5 Å². The Morgan fingerprint density at radius 1 is 1.15 bits per heavy atom. The van der Waals surface area contributed by atoms with Crippen molar-refractivity contribution in [1.82, 2.24) is 5.32 Å². The summed E-state index contributed by atoms with van der Waals surface area (Å²) in [5.41, 5.74) is 0.120. The molecule has 0 bridgehead atoms. The zero-order valence-electron chi connectivity index (χ0n) is 13.4. The van der Waals surface area contributed by atoms with Gasteiger partial charge in [-0.1, -0.05) is 48.2 Å². The highest BCUT2D eigenvalue weighted by molar-refractivity contribution is 8.26. The molecule has 1 aliphatic rings. The summed E-state index contributed by atoms with van der Waals surface area (Å²) in [6.45, 7) is 0. The molecule has 134 valence electrons. The fraction of sp³-hybridized carbons (Fsp3) is 0.111. The molecular weight excluding hydrogens is 383 g/mol. The predicted molar refractivity (Wildman–Crippen MR) is 99.7 cm³/mol. The third kappa shape index (κ3) is 3.76. The third-order valence-electron chi connectivity index (χ3n) is 3.69. The lowest BCUT2D eigenvalue weighted by Crippen LogP contribution is -2.17. The van der Waals surface area contributed by atoms with Gasteiger partial charge in [-0.2, -0.15) is 13.2 Å². The summed E-state index contributed by atoms with van der Waals surface area (Å²) in [6, 6.07) is 10.1. The largest absolute Gasteiger partial charge is 0.496 e. The Bertz CT molecular complexity index is 923. The van der Waals surface area contributed by atoms with Gasteiger partial charge in [0.15, 0.2) is 0 Å². The number of nitrogens with one attached hydrogen (secondary N) is 1. The van der Waals surface area contributed by atoms with Gasteiger partial charge in [-0.25, -0.2) is 0 Å². The summed E-state index contributed by atoms with van der Waals surface area (Å²) < 4.78 is 45.7. The quantitative estimate of drug-likeness (QED) is 0.594. The van der Waals surface area contributed by atoms with Crippen LogP contribution in [0.5, 0.6) is 5.75 Å². The number of hydrogen-bond donors (Lipinski definition) is 1. The smallest absolute Gasteiger partial charge is 0.417 e. The molecular formula is C18H12F3NO2S2. The molecule has 0 aromatic heterocycles. The van der Waals surface area contributed by atoms with Crippen LogP contribution in [0.3, 0.4) is 0 Å². The molecule has 0 radical (unpaired) electrons. The van der Waals surface area contributed by atoms with Crippen molar-refractivity contribution in [2.75, 3.05) is 7.11 Å². The minimum Gasteiger partial charge on any atom is -0.496 e.